The number of benzene rings is 1. The van der Waals surface area contributed by atoms with Crippen LogP contribution in [0, 0.1) is 11.3 Å². The van der Waals surface area contributed by atoms with Crippen molar-refractivity contribution in [3.63, 3.8) is 0 Å². The first kappa shape index (κ1) is 16.5. The summed E-state index contributed by atoms with van der Waals surface area (Å²) in [5.74, 6) is 0.737. The summed E-state index contributed by atoms with van der Waals surface area (Å²) in [6.45, 7) is 11.6. The molecule has 118 valence electrons. The monoisotopic (exact) mass is 287 g/mol. The van der Waals surface area contributed by atoms with E-state index in [0.29, 0.717) is 5.41 Å². The van der Waals surface area contributed by atoms with E-state index in [4.69, 9.17) is 0 Å². The van der Waals surface area contributed by atoms with Crippen LogP contribution in [0.25, 0.3) is 0 Å². The fraction of sp³-hybridized carbons (Fsp3) is 0.700. The zero-order valence-electron chi connectivity index (χ0n) is 14.5. The summed E-state index contributed by atoms with van der Waals surface area (Å²) >= 11 is 0. The van der Waals surface area contributed by atoms with E-state index in [0.717, 1.165) is 19.0 Å². The summed E-state index contributed by atoms with van der Waals surface area (Å²) in [7, 11) is 0. The number of rotatable bonds is 7. The van der Waals surface area contributed by atoms with E-state index in [2.05, 4.69) is 51.2 Å². The molecule has 0 spiro atoms. The third-order valence-electron chi connectivity index (χ3n) is 4.66. The molecule has 1 nitrogen and oxygen atoms in total. The van der Waals surface area contributed by atoms with E-state index < -0.39 is 0 Å². The molecule has 0 unspecified atom stereocenters. The van der Waals surface area contributed by atoms with E-state index >= 15 is 0 Å². The van der Waals surface area contributed by atoms with Crippen molar-refractivity contribution in [3.05, 3.63) is 34.9 Å². The van der Waals surface area contributed by atoms with Gasteiger partial charge in [0, 0.05) is 6.54 Å². The van der Waals surface area contributed by atoms with E-state index in [1.807, 2.05) is 0 Å². The van der Waals surface area contributed by atoms with Gasteiger partial charge in [0.1, 0.15) is 0 Å². The minimum absolute atomic E-state index is 0.380. The highest BCUT2D eigenvalue weighted by atomic mass is 14.9. The zero-order chi connectivity index (χ0) is 15.3. The highest BCUT2D eigenvalue weighted by Crippen LogP contribution is 2.26. The summed E-state index contributed by atoms with van der Waals surface area (Å²) < 4.78 is 0. The van der Waals surface area contributed by atoms with Gasteiger partial charge < -0.3 is 5.32 Å². The van der Waals surface area contributed by atoms with Crippen LogP contribution >= 0.6 is 0 Å². The number of aryl methyl sites for hydroxylation is 3. The third-order valence-corrected chi connectivity index (χ3v) is 4.66. The molecular weight excluding hydrogens is 254 g/mol. The molecule has 21 heavy (non-hydrogen) atoms. The maximum absolute atomic E-state index is 3.61. The summed E-state index contributed by atoms with van der Waals surface area (Å²) in [4.78, 5) is 0. The average Bonchev–Trinajstić information content (AvgIpc) is 2.44. The Bertz CT molecular complexity index is 445. The van der Waals surface area contributed by atoms with E-state index in [9.17, 15) is 0 Å². The summed E-state index contributed by atoms with van der Waals surface area (Å²) in [6.07, 6.45) is 7.81. The molecular formula is C20H33N. The van der Waals surface area contributed by atoms with Crippen molar-refractivity contribution in [2.75, 3.05) is 13.1 Å². The molecule has 0 aromatic heterocycles. The van der Waals surface area contributed by atoms with Gasteiger partial charge in [0.05, 0.1) is 0 Å². The Hall–Kier alpha value is -0.820. The van der Waals surface area contributed by atoms with Gasteiger partial charge in [-0.15, -0.1) is 0 Å². The van der Waals surface area contributed by atoms with Crippen molar-refractivity contribution < 1.29 is 0 Å². The Balaban J connectivity index is 1.84. The van der Waals surface area contributed by atoms with E-state index in [1.165, 1.54) is 44.1 Å². The van der Waals surface area contributed by atoms with Gasteiger partial charge >= 0.3 is 0 Å². The lowest BCUT2D eigenvalue weighted by atomic mass is 9.84. The van der Waals surface area contributed by atoms with Gasteiger partial charge in [0.15, 0.2) is 0 Å². The smallest absolute Gasteiger partial charge is 0.000274 e. The second-order valence-corrected chi connectivity index (χ2v) is 8.00. The maximum Gasteiger partial charge on any atom is 0.000274 e. The average molecular weight is 287 g/mol. The van der Waals surface area contributed by atoms with Crippen LogP contribution < -0.4 is 5.32 Å². The fourth-order valence-corrected chi connectivity index (χ4v) is 3.21. The van der Waals surface area contributed by atoms with E-state index in [1.54, 1.807) is 11.1 Å². The molecule has 0 saturated carbocycles. The van der Waals surface area contributed by atoms with Crippen LogP contribution in [0.15, 0.2) is 18.2 Å². The van der Waals surface area contributed by atoms with Gasteiger partial charge in [-0.25, -0.2) is 0 Å². The summed E-state index contributed by atoms with van der Waals surface area (Å²) in [5, 5.41) is 3.61. The van der Waals surface area contributed by atoms with Crippen LogP contribution in [0.1, 0.15) is 63.6 Å². The van der Waals surface area contributed by atoms with Crippen LogP contribution in [-0.4, -0.2) is 13.1 Å². The Morgan fingerprint density at radius 2 is 1.81 bits per heavy atom. The number of fused-ring (bicyclic) bond motifs is 1. The fourth-order valence-electron chi connectivity index (χ4n) is 3.21. The van der Waals surface area contributed by atoms with Gasteiger partial charge in [-0.05, 0) is 73.1 Å². The van der Waals surface area contributed by atoms with Gasteiger partial charge in [-0.2, -0.15) is 0 Å². The first-order valence-corrected chi connectivity index (χ1v) is 8.78. The zero-order valence-corrected chi connectivity index (χ0v) is 14.5. The quantitative estimate of drug-likeness (QED) is 0.761. The topological polar surface area (TPSA) is 12.0 Å². The molecule has 1 aromatic carbocycles. The molecule has 0 aliphatic heterocycles. The van der Waals surface area contributed by atoms with Crippen molar-refractivity contribution in [1.29, 1.82) is 0 Å². The molecule has 1 N–H and O–H groups in total. The second kappa shape index (κ2) is 7.45. The van der Waals surface area contributed by atoms with Crippen molar-refractivity contribution >= 4 is 0 Å². The van der Waals surface area contributed by atoms with Gasteiger partial charge in [0.2, 0.25) is 0 Å². The standard InChI is InChI=1S/C20H33N/c1-16(2)14-21-15-20(3,4)12-11-17-9-10-18-7-5-6-8-19(18)13-17/h9-10,13,16,21H,5-8,11-12,14-15H2,1-4H3. The summed E-state index contributed by atoms with van der Waals surface area (Å²) in [6, 6.07) is 7.22. The van der Waals surface area contributed by atoms with Crippen molar-refractivity contribution in [2.45, 2.75) is 66.2 Å². The number of hydrogen-bond acceptors (Lipinski definition) is 1. The molecule has 1 aromatic rings. The van der Waals surface area contributed by atoms with Crippen LogP contribution in [0.3, 0.4) is 0 Å². The van der Waals surface area contributed by atoms with Crippen molar-refractivity contribution in [2.24, 2.45) is 11.3 Å². The molecule has 0 radical (unpaired) electrons. The Labute approximate surface area is 131 Å². The Morgan fingerprint density at radius 1 is 1.10 bits per heavy atom. The SMILES string of the molecule is CC(C)CNCC(C)(C)CCc1ccc2c(c1)CCCC2. The first-order valence-electron chi connectivity index (χ1n) is 8.78. The lowest BCUT2D eigenvalue weighted by Crippen LogP contribution is -2.32. The van der Waals surface area contributed by atoms with E-state index in [-0.39, 0.29) is 0 Å². The lowest BCUT2D eigenvalue weighted by molar-refractivity contribution is 0.308. The predicted octanol–water partition coefficient (Wildman–Crippen LogP) is 4.77. The lowest BCUT2D eigenvalue weighted by Gasteiger charge is -2.26. The Kier molecular flexibility index (Phi) is 5.87. The maximum atomic E-state index is 3.61. The Morgan fingerprint density at radius 3 is 2.52 bits per heavy atom. The van der Waals surface area contributed by atoms with Crippen LogP contribution in [0.2, 0.25) is 0 Å². The summed E-state index contributed by atoms with van der Waals surface area (Å²) in [5.41, 5.74) is 5.13. The number of nitrogens with one attached hydrogen (secondary N) is 1. The molecule has 0 amide bonds. The molecule has 0 atom stereocenters. The predicted molar refractivity (Wildman–Crippen MR) is 92.9 cm³/mol. The molecule has 2 rings (SSSR count). The molecule has 0 fully saturated rings. The number of hydrogen-bond donors (Lipinski definition) is 1. The minimum Gasteiger partial charge on any atom is -0.316 e. The van der Waals surface area contributed by atoms with Crippen LogP contribution in [-0.2, 0) is 19.3 Å². The highest BCUT2D eigenvalue weighted by Gasteiger charge is 2.18. The van der Waals surface area contributed by atoms with Gasteiger partial charge in [0.25, 0.3) is 0 Å². The molecule has 0 bridgehead atoms. The second-order valence-electron chi connectivity index (χ2n) is 8.00. The normalized spacial score (nSPS) is 15.3. The van der Waals surface area contributed by atoms with Gasteiger partial charge in [-0.1, -0.05) is 45.9 Å². The minimum atomic E-state index is 0.380. The largest absolute Gasteiger partial charge is 0.316 e. The third kappa shape index (κ3) is 5.47. The van der Waals surface area contributed by atoms with Crippen LogP contribution in [0.5, 0.6) is 0 Å². The molecule has 1 aliphatic rings. The first-order chi connectivity index (χ1) is 9.96. The highest BCUT2D eigenvalue weighted by molar-refractivity contribution is 5.33. The van der Waals surface area contributed by atoms with Crippen LogP contribution in [0.4, 0.5) is 0 Å². The van der Waals surface area contributed by atoms with Gasteiger partial charge in [-0.3, -0.25) is 0 Å². The molecule has 0 heterocycles. The van der Waals surface area contributed by atoms with Crippen molar-refractivity contribution in [1.82, 2.24) is 5.32 Å². The molecule has 1 heteroatoms. The molecule has 0 saturated heterocycles. The van der Waals surface area contributed by atoms with Crippen molar-refractivity contribution in [3.8, 4) is 0 Å². The molecule has 1 aliphatic carbocycles.